The molecular weight excluding hydrogens is 436 g/mol. The van der Waals surface area contributed by atoms with Crippen molar-refractivity contribution in [2.24, 2.45) is 0 Å². The van der Waals surface area contributed by atoms with E-state index in [1.165, 1.54) is 11.3 Å². The molecule has 0 saturated carbocycles. The Hall–Kier alpha value is -2.48. The first-order valence-electron chi connectivity index (χ1n) is 9.51. The fraction of sp³-hybridized carbons (Fsp3) is 0.227. The zero-order chi connectivity index (χ0) is 21.3. The molecule has 0 saturated heterocycles. The van der Waals surface area contributed by atoms with Gasteiger partial charge in [-0.15, -0.1) is 11.3 Å². The number of amides is 1. The summed E-state index contributed by atoms with van der Waals surface area (Å²) >= 11 is 9.29. The summed E-state index contributed by atoms with van der Waals surface area (Å²) in [6.07, 6.45) is 3.46. The number of fused-ring (bicyclic) bond motifs is 1. The topological polar surface area (TPSA) is 51.0 Å². The van der Waals surface area contributed by atoms with Crippen molar-refractivity contribution >= 4 is 61.6 Å². The van der Waals surface area contributed by atoms with Gasteiger partial charge in [-0.2, -0.15) is 5.10 Å². The first kappa shape index (κ1) is 20.8. The number of aromatic nitrogens is 3. The fourth-order valence-electron chi connectivity index (χ4n) is 3.28. The van der Waals surface area contributed by atoms with Crippen LogP contribution in [-0.4, -0.2) is 27.2 Å². The zero-order valence-electron chi connectivity index (χ0n) is 16.9. The van der Waals surface area contributed by atoms with E-state index in [1.54, 1.807) is 22.3 Å². The molecular formula is C22H21ClN4OS2. The van der Waals surface area contributed by atoms with Crippen molar-refractivity contribution < 1.29 is 4.79 Å². The summed E-state index contributed by atoms with van der Waals surface area (Å²) in [7, 11) is 0. The number of thiophene rings is 1. The first-order valence-corrected chi connectivity index (χ1v) is 11.6. The molecule has 3 aromatic heterocycles. The van der Waals surface area contributed by atoms with Crippen molar-refractivity contribution in [2.75, 3.05) is 11.4 Å². The molecule has 0 unspecified atom stereocenters. The molecule has 154 valence electrons. The average Bonchev–Trinajstić information content (AvgIpc) is 3.41. The van der Waals surface area contributed by atoms with E-state index in [2.05, 4.69) is 5.10 Å². The zero-order valence-corrected chi connectivity index (χ0v) is 19.3. The molecule has 30 heavy (non-hydrogen) atoms. The number of hydrogen-bond acceptors (Lipinski definition) is 5. The van der Waals surface area contributed by atoms with Crippen molar-refractivity contribution in [1.82, 2.24) is 14.8 Å². The Kier molecular flexibility index (Phi) is 6.04. The van der Waals surface area contributed by atoms with Crippen LogP contribution in [0, 0.1) is 20.8 Å². The van der Waals surface area contributed by atoms with Crippen LogP contribution in [-0.2, 0) is 11.3 Å². The number of thiazole rings is 1. The lowest BCUT2D eigenvalue weighted by Crippen LogP contribution is -2.33. The van der Waals surface area contributed by atoms with Crippen LogP contribution in [0.3, 0.4) is 0 Å². The minimum absolute atomic E-state index is 0.104. The summed E-state index contributed by atoms with van der Waals surface area (Å²) in [5, 5.41) is 7.85. The summed E-state index contributed by atoms with van der Waals surface area (Å²) in [5.41, 5.74) is 3.92. The number of nitrogens with zero attached hydrogens (tertiary/aromatic N) is 4. The van der Waals surface area contributed by atoms with Gasteiger partial charge in [-0.25, -0.2) is 4.98 Å². The minimum atomic E-state index is -0.104. The van der Waals surface area contributed by atoms with E-state index in [4.69, 9.17) is 16.6 Å². The Morgan fingerprint density at radius 1 is 1.27 bits per heavy atom. The molecule has 0 atom stereocenters. The van der Waals surface area contributed by atoms with Crippen LogP contribution in [0.25, 0.3) is 16.3 Å². The third-order valence-electron chi connectivity index (χ3n) is 4.71. The molecule has 0 N–H and O–H groups in total. The second-order valence-electron chi connectivity index (χ2n) is 7.05. The van der Waals surface area contributed by atoms with Gasteiger partial charge in [0.2, 0.25) is 0 Å². The highest BCUT2D eigenvalue weighted by Gasteiger charge is 2.19. The van der Waals surface area contributed by atoms with Crippen LogP contribution >= 0.6 is 34.3 Å². The summed E-state index contributed by atoms with van der Waals surface area (Å²) in [6, 6.07) is 9.78. The Bertz CT molecular complexity index is 1220. The summed E-state index contributed by atoms with van der Waals surface area (Å²) in [6.45, 7) is 7.04. The second-order valence-corrected chi connectivity index (χ2v) is 9.48. The van der Waals surface area contributed by atoms with Crippen molar-refractivity contribution in [2.45, 2.75) is 27.3 Å². The normalized spacial score (nSPS) is 11.6. The van der Waals surface area contributed by atoms with E-state index >= 15 is 0 Å². The van der Waals surface area contributed by atoms with Crippen molar-refractivity contribution in [1.29, 1.82) is 0 Å². The van der Waals surface area contributed by atoms with E-state index < -0.39 is 0 Å². The lowest BCUT2D eigenvalue weighted by Gasteiger charge is -2.18. The number of hydrogen-bond donors (Lipinski definition) is 0. The van der Waals surface area contributed by atoms with Gasteiger partial charge in [-0.1, -0.05) is 29.0 Å². The van der Waals surface area contributed by atoms with Gasteiger partial charge in [0.1, 0.15) is 0 Å². The second kappa shape index (κ2) is 8.71. The molecule has 4 aromatic rings. The molecule has 0 spiro atoms. The standard InChI is InChI=1S/C22H21ClN4OS2/c1-14-11-17(23)13-19-21(14)24-22(30-19)26(8-9-27-16(3)12-15(2)25-27)20(28)7-6-18-5-4-10-29-18/h4-7,10-13H,8-9H2,1-3H3/b7-6+. The maximum Gasteiger partial charge on any atom is 0.252 e. The first-order chi connectivity index (χ1) is 14.4. The lowest BCUT2D eigenvalue weighted by atomic mass is 10.2. The number of halogens is 1. The van der Waals surface area contributed by atoms with Crippen molar-refractivity contribution in [3.8, 4) is 0 Å². The van der Waals surface area contributed by atoms with Gasteiger partial charge in [0.05, 0.1) is 22.5 Å². The molecule has 0 aliphatic carbocycles. The monoisotopic (exact) mass is 456 g/mol. The predicted octanol–water partition coefficient (Wildman–Crippen LogP) is 5.88. The maximum absolute atomic E-state index is 13.1. The molecule has 1 aromatic carbocycles. The van der Waals surface area contributed by atoms with Crippen molar-refractivity contribution in [3.63, 3.8) is 0 Å². The van der Waals surface area contributed by atoms with Crippen LogP contribution in [0.15, 0.2) is 41.8 Å². The highest BCUT2D eigenvalue weighted by molar-refractivity contribution is 7.22. The van der Waals surface area contributed by atoms with Gasteiger partial charge in [0.25, 0.3) is 5.91 Å². The van der Waals surface area contributed by atoms with E-state index in [1.807, 2.05) is 67.2 Å². The number of rotatable bonds is 6. The molecule has 0 aliphatic rings. The maximum atomic E-state index is 13.1. The van der Waals surface area contributed by atoms with Gasteiger partial charge in [-0.05, 0) is 62.1 Å². The number of aryl methyl sites for hydroxylation is 3. The van der Waals surface area contributed by atoms with E-state index in [9.17, 15) is 4.79 Å². The van der Waals surface area contributed by atoms with Gasteiger partial charge < -0.3 is 0 Å². The molecule has 5 nitrogen and oxygen atoms in total. The van der Waals surface area contributed by atoms with Crippen LogP contribution in [0.1, 0.15) is 21.8 Å². The predicted molar refractivity (Wildman–Crippen MR) is 127 cm³/mol. The SMILES string of the molecule is Cc1cc(C)n(CCN(C(=O)/C=C/c2cccs2)c2nc3c(C)cc(Cl)cc3s2)n1. The summed E-state index contributed by atoms with van der Waals surface area (Å²) in [5.74, 6) is -0.104. The van der Waals surface area contributed by atoms with E-state index in [0.717, 1.165) is 32.0 Å². The fourth-order valence-corrected chi connectivity index (χ4v) is 5.35. The molecule has 4 rings (SSSR count). The number of benzene rings is 1. The Morgan fingerprint density at radius 2 is 2.10 bits per heavy atom. The van der Waals surface area contributed by atoms with E-state index in [-0.39, 0.29) is 5.91 Å². The van der Waals surface area contributed by atoms with Gasteiger partial charge in [-0.3, -0.25) is 14.4 Å². The van der Waals surface area contributed by atoms with Crippen LogP contribution in [0.4, 0.5) is 5.13 Å². The molecule has 1 amide bonds. The Labute approximate surface area is 188 Å². The third kappa shape index (κ3) is 4.48. The number of anilines is 1. The molecule has 0 bridgehead atoms. The van der Waals surface area contributed by atoms with Crippen LogP contribution in [0.5, 0.6) is 0 Å². The van der Waals surface area contributed by atoms with Crippen LogP contribution in [0.2, 0.25) is 5.02 Å². The lowest BCUT2D eigenvalue weighted by molar-refractivity contribution is -0.114. The highest BCUT2D eigenvalue weighted by Crippen LogP contribution is 2.33. The largest absolute Gasteiger partial charge is 0.283 e. The Morgan fingerprint density at radius 3 is 2.80 bits per heavy atom. The molecule has 8 heteroatoms. The van der Waals surface area contributed by atoms with Crippen molar-refractivity contribution in [3.05, 3.63) is 68.6 Å². The average molecular weight is 457 g/mol. The van der Waals surface area contributed by atoms with Gasteiger partial charge in [0, 0.05) is 28.2 Å². The molecule has 0 fully saturated rings. The van der Waals surface area contributed by atoms with Gasteiger partial charge in [0.15, 0.2) is 5.13 Å². The molecule has 0 radical (unpaired) electrons. The summed E-state index contributed by atoms with van der Waals surface area (Å²) < 4.78 is 2.90. The number of carbonyl (C=O) groups excluding carboxylic acids is 1. The Balaban J connectivity index is 1.66. The number of carbonyl (C=O) groups is 1. The summed E-state index contributed by atoms with van der Waals surface area (Å²) in [4.78, 5) is 20.7. The highest BCUT2D eigenvalue weighted by atomic mass is 35.5. The molecule has 0 aliphatic heterocycles. The molecule has 3 heterocycles. The minimum Gasteiger partial charge on any atom is -0.283 e. The van der Waals surface area contributed by atoms with Crippen LogP contribution < -0.4 is 4.90 Å². The quantitative estimate of drug-likeness (QED) is 0.340. The van der Waals surface area contributed by atoms with E-state index in [0.29, 0.717) is 23.2 Å². The third-order valence-corrected chi connectivity index (χ3v) is 6.79. The smallest absolute Gasteiger partial charge is 0.252 e. The van der Waals surface area contributed by atoms with Gasteiger partial charge >= 0.3 is 0 Å².